The number of nitrogens with one attached hydrogen (secondary N) is 2. The molecular weight excluding hydrogens is 418 g/mol. The molecule has 0 radical (unpaired) electrons. The third kappa shape index (κ3) is 9.17. The summed E-state index contributed by atoms with van der Waals surface area (Å²) >= 11 is 0. The lowest BCUT2D eigenvalue weighted by Crippen LogP contribution is -2.51. The van der Waals surface area contributed by atoms with Crippen LogP contribution in [0.4, 0.5) is 4.79 Å². The molecule has 0 aromatic heterocycles. The van der Waals surface area contributed by atoms with Gasteiger partial charge in [-0.15, -0.1) is 6.42 Å². The molecule has 0 aliphatic rings. The standard InChI is InChI=1S/C26H39N3O4/c1-8-11-14-17-27-24(31)23(21-16-13-12-15-20(21)10-3)29(19(4)9-2)22(30)18-28-25(32)33-26(5,6)7/h3,12-13,15-16,19,23H,8-9,11,14,17-18H2,1-2,4-7H3,(H,27,31)(H,28,32). The van der Waals surface area contributed by atoms with Gasteiger partial charge in [0.25, 0.3) is 0 Å². The zero-order chi connectivity index (χ0) is 25.0. The van der Waals surface area contributed by atoms with Gasteiger partial charge in [-0.25, -0.2) is 4.79 Å². The van der Waals surface area contributed by atoms with Crippen LogP contribution in [0.25, 0.3) is 0 Å². The van der Waals surface area contributed by atoms with Crippen LogP contribution in [0.2, 0.25) is 0 Å². The van der Waals surface area contributed by atoms with Crippen LogP contribution in [0.3, 0.4) is 0 Å². The Morgan fingerprint density at radius 2 is 1.79 bits per heavy atom. The minimum absolute atomic E-state index is 0.268. The topological polar surface area (TPSA) is 87.7 Å². The summed E-state index contributed by atoms with van der Waals surface area (Å²) < 4.78 is 5.23. The molecule has 0 aliphatic carbocycles. The number of nitrogens with zero attached hydrogens (tertiary/aromatic N) is 1. The molecule has 182 valence electrons. The Labute approximate surface area is 198 Å². The van der Waals surface area contributed by atoms with Gasteiger partial charge in [0, 0.05) is 18.2 Å². The van der Waals surface area contributed by atoms with Crippen molar-refractivity contribution < 1.29 is 19.1 Å². The summed E-state index contributed by atoms with van der Waals surface area (Å²) in [7, 11) is 0. The molecule has 2 N–H and O–H groups in total. The summed E-state index contributed by atoms with van der Waals surface area (Å²) in [5, 5.41) is 5.47. The van der Waals surface area contributed by atoms with E-state index in [9.17, 15) is 14.4 Å². The van der Waals surface area contributed by atoms with E-state index in [2.05, 4.69) is 23.5 Å². The van der Waals surface area contributed by atoms with Crippen LogP contribution in [0, 0.1) is 12.3 Å². The second-order valence-electron chi connectivity index (χ2n) is 9.05. The molecule has 2 unspecified atom stereocenters. The van der Waals surface area contributed by atoms with Crippen molar-refractivity contribution in [3.05, 3.63) is 35.4 Å². The third-order valence-electron chi connectivity index (χ3n) is 5.15. The van der Waals surface area contributed by atoms with Crippen LogP contribution in [0.5, 0.6) is 0 Å². The van der Waals surface area contributed by atoms with E-state index < -0.39 is 23.6 Å². The lowest BCUT2D eigenvalue weighted by Gasteiger charge is -2.36. The highest BCUT2D eigenvalue weighted by Crippen LogP contribution is 2.27. The molecule has 0 spiro atoms. The molecule has 7 nitrogen and oxygen atoms in total. The van der Waals surface area contributed by atoms with Crippen molar-refractivity contribution in [3.8, 4) is 12.3 Å². The maximum absolute atomic E-state index is 13.4. The van der Waals surface area contributed by atoms with Gasteiger partial charge in [-0.2, -0.15) is 0 Å². The van der Waals surface area contributed by atoms with E-state index in [0.717, 1.165) is 19.3 Å². The molecule has 0 bridgehead atoms. The number of carbonyl (C=O) groups excluding carboxylic acids is 3. The van der Waals surface area contributed by atoms with Gasteiger partial charge in [-0.3, -0.25) is 9.59 Å². The quantitative estimate of drug-likeness (QED) is 0.386. The first kappa shape index (κ1) is 28.0. The van der Waals surface area contributed by atoms with Crippen molar-refractivity contribution in [2.75, 3.05) is 13.1 Å². The first-order chi connectivity index (χ1) is 15.6. The van der Waals surface area contributed by atoms with Crippen molar-refractivity contribution in [1.82, 2.24) is 15.5 Å². The Hall–Kier alpha value is -3.01. The molecule has 0 saturated carbocycles. The van der Waals surface area contributed by atoms with Gasteiger partial charge in [-0.05, 0) is 52.2 Å². The smallest absolute Gasteiger partial charge is 0.408 e. The predicted molar refractivity (Wildman–Crippen MR) is 130 cm³/mol. The average Bonchev–Trinajstić information content (AvgIpc) is 2.76. The minimum Gasteiger partial charge on any atom is -0.444 e. The highest BCUT2D eigenvalue weighted by molar-refractivity contribution is 5.91. The summed E-state index contributed by atoms with van der Waals surface area (Å²) in [4.78, 5) is 40.3. The summed E-state index contributed by atoms with van der Waals surface area (Å²) in [5.41, 5.74) is 0.447. The first-order valence-electron chi connectivity index (χ1n) is 11.7. The van der Waals surface area contributed by atoms with E-state index in [4.69, 9.17) is 11.2 Å². The Bertz CT molecular complexity index is 839. The molecule has 1 aromatic carbocycles. The van der Waals surface area contributed by atoms with E-state index in [1.54, 1.807) is 45.0 Å². The molecule has 1 rings (SSSR count). The molecule has 3 amide bonds. The fourth-order valence-corrected chi connectivity index (χ4v) is 3.36. The molecule has 0 heterocycles. The van der Waals surface area contributed by atoms with Crippen molar-refractivity contribution in [3.63, 3.8) is 0 Å². The Morgan fingerprint density at radius 3 is 2.36 bits per heavy atom. The number of hydrogen-bond donors (Lipinski definition) is 2. The predicted octanol–water partition coefficient (Wildman–Crippen LogP) is 4.17. The average molecular weight is 458 g/mol. The number of rotatable bonds is 11. The summed E-state index contributed by atoms with van der Waals surface area (Å²) in [5.74, 6) is 1.94. The number of benzene rings is 1. The Morgan fingerprint density at radius 1 is 1.12 bits per heavy atom. The maximum atomic E-state index is 13.4. The van der Waals surface area contributed by atoms with Crippen molar-refractivity contribution >= 4 is 17.9 Å². The van der Waals surface area contributed by atoms with Crippen LogP contribution < -0.4 is 10.6 Å². The molecule has 0 aliphatic heterocycles. The van der Waals surface area contributed by atoms with Gasteiger partial charge < -0.3 is 20.3 Å². The number of amides is 3. The van der Waals surface area contributed by atoms with Gasteiger partial charge in [-0.1, -0.05) is 50.8 Å². The molecule has 2 atom stereocenters. The minimum atomic E-state index is -0.915. The lowest BCUT2D eigenvalue weighted by atomic mass is 9.96. The SMILES string of the molecule is C#Cc1ccccc1C(C(=O)NCCCCC)N(C(=O)CNC(=O)OC(C)(C)C)C(C)CC. The number of terminal acetylenes is 1. The van der Waals surface area contributed by atoms with Gasteiger partial charge in [0.15, 0.2) is 0 Å². The van der Waals surface area contributed by atoms with Gasteiger partial charge in [0.2, 0.25) is 11.8 Å². The van der Waals surface area contributed by atoms with Crippen LogP contribution in [-0.2, 0) is 14.3 Å². The maximum Gasteiger partial charge on any atom is 0.408 e. The highest BCUT2D eigenvalue weighted by atomic mass is 16.6. The van der Waals surface area contributed by atoms with Crippen LogP contribution >= 0.6 is 0 Å². The van der Waals surface area contributed by atoms with Gasteiger partial charge in [0.1, 0.15) is 18.2 Å². The summed E-state index contributed by atoms with van der Waals surface area (Å²) in [6.45, 7) is 11.4. The van der Waals surface area contributed by atoms with Crippen molar-refractivity contribution in [2.24, 2.45) is 0 Å². The molecule has 0 saturated heterocycles. The Kier molecular flexibility index (Phi) is 11.5. The first-order valence-corrected chi connectivity index (χ1v) is 11.7. The zero-order valence-corrected chi connectivity index (χ0v) is 20.9. The fraction of sp³-hybridized carbons (Fsp3) is 0.577. The molecule has 0 fully saturated rings. The zero-order valence-electron chi connectivity index (χ0n) is 20.9. The number of unbranched alkanes of at least 4 members (excludes halogenated alkanes) is 2. The third-order valence-corrected chi connectivity index (χ3v) is 5.15. The number of alkyl carbamates (subject to hydrolysis) is 1. The second kappa shape index (κ2) is 13.5. The van der Waals surface area contributed by atoms with Crippen molar-refractivity contribution in [1.29, 1.82) is 0 Å². The summed E-state index contributed by atoms with van der Waals surface area (Å²) in [6, 6.07) is 5.94. The highest BCUT2D eigenvalue weighted by Gasteiger charge is 2.35. The van der Waals surface area contributed by atoms with Crippen LogP contribution in [-0.4, -0.2) is 47.5 Å². The largest absolute Gasteiger partial charge is 0.444 e. The molecule has 1 aromatic rings. The van der Waals surface area contributed by atoms with Gasteiger partial charge >= 0.3 is 6.09 Å². The Balaban J connectivity index is 3.26. The molecule has 7 heteroatoms. The number of ether oxygens (including phenoxy) is 1. The van der Waals surface area contributed by atoms with E-state index in [1.165, 1.54) is 4.90 Å². The number of hydrogen-bond acceptors (Lipinski definition) is 4. The van der Waals surface area contributed by atoms with E-state index in [0.29, 0.717) is 24.1 Å². The second-order valence-corrected chi connectivity index (χ2v) is 9.05. The van der Waals surface area contributed by atoms with Gasteiger partial charge in [0.05, 0.1) is 0 Å². The number of carbonyl (C=O) groups is 3. The summed E-state index contributed by atoms with van der Waals surface area (Å²) in [6.07, 6.45) is 8.53. The monoisotopic (exact) mass is 457 g/mol. The van der Waals surface area contributed by atoms with Crippen molar-refractivity contribution in [2.45, 2.75) is 84.9 Å². The fourth-order valence-electron chi connectivity index (χ4n) is 3.36. The van der Waals surface area contributed by atoms with E-state index in [-0.39, 0.29) is 18.5 Å². The molecular formula is C26H39N3O4. The van der Waals surface area contributed by atoms with Crippen LogP contribution in [0.15, 0.2) is 24.3 Å². The van der Waals surface area contributed by atoms with Crippen LogP contribution in [0.1, 0.15) is 84.4 Å². The lowest BCUT2D eigenvalue weighted by molar-refractivity contribution is -0.142. The molecule has 33 heavy (non-hydrogen) atoms. The normalized spacial score (nSPS) is 12.8. The van der Waals surface area contributed by atoms with E-state index >= 15 is 0 Å². The van der Waals surface area contributed by atoms with E-state index in [1.807, 2.05) is 13.8 Å².